The van der Waals surface area contributed by atoms with Gasteiger partial charge >= 0.3 is 0 Å². The molecule has 1 aromatic rings. The maximum absolute atomic E-state index is 11.2. The van der Waals surface area contributed by atoms with Crippen LogP contribution in [-0.2, 0) is 4.79 Å². The number of hydrogen-bond acceptors (Lipinski definition) is 4. The number of nitro groups is 1. The highest BCUT2D eigenvalue weighted by atomic mass is 16.6. The monoisotopic (exact) mass is 235 g/mol. The van der Waals surface area contributed by atoms with Crippen LogP contribution in [0.1, 0.15) is 19.4 Å². The largest absolute Gasteiger partial charge is 0.278 e. The number of nitrogens with one attached hydrogen (secondary N) is 1. The zero-order chi connectivity index (χ0) is 12.8. The van der Waals surface area contributed by atoms with E-state index in [1.165, 1.54) is 12.3 Å². The van der Waals surface area contributed by atoms with Crippen LogP contribution >= 0.6 is 0 Å². The molecule has 0 bridgehead atoms. The fraction of sp³-hybridized carbons (Fsp3) is 0.273. The number of nitro benzene ring substituents is 1. The van der Waals surface area contributed by atoms with Crippen molar-refractivity contribution in [2.24, 2.45) is 11.0 Å². The molecule has 1 aromatic carbocycles. The van der Waals surface area contributed by atoms with Crippen molar-refractivity contribution in [2.45, 2.75) is 13.8 Å². The normalized spacial score (nSPS) is 10.8. The number of nitrogens with zero attached hydrogens (tertiary/aromatic N) is 2. The molecule has 1 N–H and O–H groups in total. The molecule has 0 atom stereocenters. The van der Waals surface area contributed by atoms with Crippen molar-refractivity contribution in [3.63, 3.8) is 0 Å². The SMILES string of the molecule is CC(C)C(=O)NN=Cc1ccccc1[N+](=O)[O-]. The van der Waals surface area contributed by atoms with Crippen molar-refractivity contribution in [3.8, 4) is 0 Å². The smallest absolute Gasteiger partial charge is 0.273 e. The van der Waals surface area contributed by atoms with E-state index in [0.717, 1.165) is 0 Å². The van der Waals surface area contributed by atoms with Crippen molar-refractivity contribution in [1.29, 1.82) is 0 Å². The predicted octanol–water partition coefficient (Wildman–Crippen LogP) is 1.70. The molecule has 0 saturated carbocycles. The van der Waals surface area contributed by atoms with E-state index in [4.69, 9.17) is 0 Å². The van der Waals surface area contributed by atoms with Gasteiger partial charge in [-0.3, -0.25) is 14.9 Å². The Hall–Kier alpha value is -2.24. The first-order valence-corrected chi connectivity index (χ1v) is 5.08. The van der Waals surface area contributed by atoms with Crippen LogP contribution in [0.25, 0.3) is 0 Å². The molecule has 0 aliphatic carbocycles. The molecular weight excluding hydrogens is 222 g/mol. The number of hydrazone groups is 1. The summed E-state index contributed by atoms with van der Waals surface area (Å²) >= 11 is 0. The highest BCUT2D eigenvalue weighted by Crippen LogP contribution is 2.14. The fourth-order valence-corrected chi connectivity index (χ4v) is 1.06. The van der Waals surface area contributed by atoms with Crippen molar-refractivity contribution < 1.29 is 9.72 Å². The molecule has 6 nitrogen and oxygen atoms in total. The number of carbonyl (C=O) groups is 1. The molecule has 1 rings (SSSR count). The van der Waals surface area contributed by atoms with E-state index in [-0.39, 0.29) is 17.5 Å². The average molecular weight is 235 g/mol. The van der Waals surface area contributed by atoms with Crippen molar-refractivity contribution in [1.82, 2.24) is 5.43 Å². The lowest BCUT2D eigenvalue weighted by Gasteiger charge is -2.01. The molecular formula is C11H13N3O3. The lowest BCUT2D eigenvalue weighted by Crippen LogP contribution is -2.22. The summed E-state index contributed by atoms with van der Waals surface area (Å²) in [5.74, 6) is -0.419. The second-order valence-corrected chi connectivity index (χ2v) is 3.70. The third-order valence-electron chi connectivity index (χ3n) is 2.04. The Kier molecular flexibility index (Phi) is 4.33. The Balaban J connectivity index is 2.78. The van der Waals surface area contributed by atoms with Crippen LogP contribution in [0.2, 0.25) is 0 Å². The van der Waals surface area contributed by atoms with E-state index >= 15 is 0 Å². The first-order chi connectivity index (χ1) is 8.02. The second kappa shape index (κ2) is 5.74. The molecule has 0 aliphatic heterocycles. The van der Waals surface area contributed by atoms with Crippen LogP contribution in [0.3, 0.4) is 0 Å². The van der Waals surface area contributed by atoms with Crippen LogP contribution in [-0.4, -0.2) is 17.0 Å². The molecule has 0 aliphatic rings. The topological polar surface area (TPSA) is 84.6 Å². The number of amides is 1. The van der Waals surface area contributed by atoms with E-state index in [1.54, 1.807) is 32.0 Å². The summed E-state index contributed by atoms with van der Waals surface area (Å²) in [5.41, 5.74) is 2.61. The molecule has 0 aromatic heterocycles. The zero-order valence-corrected chi connectivity index (χ0v) is 9.58. The molecule has 0 saturated heterocycles. The molecule has 0 spiro atoms. The average Bonchev–Trinajstić information content (AvgIpc) is 2.29. The van der Waals surface area contributed by atoms with E-state index in [2.05, 4.69) is 10.5 Å². The molecule has 0 unspecified atom stereocenters. The van der Waals surface area contributed by atoms with E-state index in [1.807, 2.05) is 0 Å². The Morgan fingerprint density at radius 3 is 2.71 bits per heavy atom. The zero-order valence-electron chi connectivity index (χ0n) is 9.58. The van der Waals surface area contributed by atoms with Gasteiger partial charge in [-0.15, -0.1) is 0 Å². The molecule has 6 heteroatoms. The molecule has 0 fully saturated rings. The number of hydrogen-bond donors (Lipinski definition) is 1. The van der Waals surface area contributed by atoms with Gasteiger partial charge in [0.15, 0.2) is 0 Å². The first-order valence-electron chi connectivity index (χ1n) is 5.08. The fourth-order valence-electron chi connectivity index (χ4n) is 1.06. The summed E-state index contributed by atoms with van der Waals surface area (Å²) in [7, 11) is 0. The molecule has 90 valence electrons. The minimum Gasteiger partial charge on any atom is -0.273 e. The van der Waals surface area contributed by atoms with Crippen LogP contribution < -0.4 is 5.43 Å². The molecule has 0 heterocycles. The van der Waals surface area contributed by atoms with Gasteiger partial charge in [0.2, 0.25) is 5.91 Å². The summed E-state index contributed by atoms with van der Waals surface area (Å²) in [5, 5.41) is 14.4. The molecule has 17 heavy (non-hydrogen) atoms. The number of carbonyl (C=O) groups excluding carboxylic acids is 1. The van der Waals surface area contributed by atoms with Crippen LogP contribution in [0.5, 0.6) is 0 Å². The van der Waals surface area contributed by atoms with Crippen molar-refractivity contribution in [2.75, 3.05) is 0 Å². The van der Waals surface area contributed by atoms with Gasteiger partial charge in [-0.05, 0) is 6.07 Å². The minimum atomic E-state index is -0.494. The predicted molar refractivity (Wildman–Crippen MR) is 63.7 cm³/mol. The lowest BCUT2D eigenvalue weighted by molar-refractivity contribution is -0.385. The quantitative estimate of drug-likeness (QED) is 0.489. The molecule has 0 radical (unpaired) electrons. The number of rotatable bonds is 4. The standard InChI is InChI=1S/C11H13N3O3/c1-8(2)11(15)13-12-7-9-5-3-4-6-10(9)14(16)17/h3-8H,1-2H3,(H,13,15). The van der Waals surface area contributed by atoms with Gasteiger partial charge in [-0.2, -0.15) is 5.10 Å². The van der Waals surface area contributed by atoms with E-state index in [9.17, 15) is 14.9 Å². The minimum absolute atomic E-state index is 0.0463. The number of para-hydroxylation sites is 1. The van der Waals surface area contributed by atoms with Gasteiger partial charge in [0.25, 0.3) is 5.69 Å². The Bertz CT molecular complexity index is 455. The van der Waals surface area contributed by atoms with Gasteiger partial charge in [0, 0.05) is 12.0 Å². The summed E-state index contributed by atoms with van der Waals surface area (Å²) in [6.07, 6.45) is 1.26. The highest BCUT2D eigenvalue weighted by Gasteiger charge is 2.10. The third kappa shape index (κ3) is 3.67. The lowest BCUT2D eigenvalue weighted by atomic mass is 10.2. The van der Waals surface area contributed by atoms with Gasteiger partial charge in [0.05, 0.1) is 16.7 Å². The van der Waals surface area contributed by atoms with E-state index < -0.39 is 4.92 Å². The van der Waals surface area contributed by atoms with Gasteiger partial charge in [-0.1, -0.05) is 26.0 Å². The van der Waals surface area contributed by atoms with Crippen molar-refractivity contribution >= 4 is 17.8 Å². The van der Waals surface area contributed by atoms with Crippen molar-refractivity contribution in [3.05, 3.63) is 39.9 Å². The van der Waals surface area contributed by atoms with Gasteiger partial charge in [0.1, 0.15) is 0 Å². The second-order valence-electron chi connectivity index (χ2n) is 3.70. The van der Waals surface area contributed by atoms with Crippen LogP contribution in [0.15, 0.2) is 29.4 Å². The Labute approximate surface area is 98.5 Å². The van der Waals surface area contributed by atoms with Gasteiger partial charge in [-0.25, -0.2) is 5.43 Å². The van der Waals surface area contributed by atoms with Crippen LogP contribution in [0, 0.1) is 16.0 Å². The third-order valence-corrected chi connectivity index (χ3v) is 2.04. The van der Waals surface area contributed by atoms with Crippen LogP contribution in [0.4, 0.5) is 5.69 Å². The summed E-state index contributed by atoms with van der Waals surface area (Å²) in [6.45, 7) is 3.46. The van der Waals surface area contributed by atoms with Gasteiger partial charge < -0.3 is 0 Å². The highest BCUT2D eigenvalue weighted by molar-refractivity contribution is 5.86. The number of benzene rings is 1. The maximum Gasteiger partial charge on any atom is 0.278 e. The maximum atomic E-state index is 11.2. The van der Waals surface area contributed by atoms with E-state index in [0.29, 0.717) is 5.56 Å². The summed E-state index contributed by atoms with van der Waals surface area (Å²) in [4.78, 5) is 21.4. The first kappa shape index (κ1) is 12.8. The summed E-state index contributed by atoms with van der Waals surface area (Å²) < 4.78 is 0. The molecule has 1 amide bonds. The Morgan fingerprint density at radius 1 is 1.47 bits per heavy atom. The summed E-state index contributed by atoms with van der Waals surface area (Å²) in [6, 6.07) is 6.18. The Morgan fingerprint density at radius 2 is 2.12 bits per heavy atom.